The Balaban J connectivity index is 1.56. The zero-order chi connectivity index (χ0) is 15.8. The Morgan fingerprint density at radius 3 is 2.77 bits per heavy atom. The number of pyridine rings is 1. The first-order valence-electron chi connectivity index (χ1n) is 7.94. The van der Waals surface area contributed by atoms with Crippen LogP contribution in [-0.2, 0) is 6.54 Å². The first kappa shape index (κ1) is 16.7. The van der Waals surface area contributed by atoms with Gasteiger partial charge < -0.3 is 20.4 Å². The first-order valence-corrected chi connectivity index (χ1v) is 7.94. The molecule has 6 heteroatoms. The number of urea groups is 1. The molecule has 0 saturated carbocycles. The number of carbonyl (C=O) groups is 1. The molecule has 122 valence electrons. The molecule has 0 unspecified atom stereocenters. The number of carbonyl (C=O) groups excluding carboxylic acids is 1. The molecule has 22 heavy (non-hydrogen) atoms. The summed E-state index contributed by atoms with van der Waals surface area (Å²) in [5.74, 6) is 0. The van der Waals surface area contributed by atoms with Gasteiger partial charge in [0.05, 0.1) is 0 Å². The highest BCUT2D eigenvalue weighted by atomic mass is 16.2. The Bertz CT molecular complexity index is 443. The summed E-state index contributed by atoms with van der Waals surface area (Å²) in [6.07, 6.45) is 5.90. The molecule has 1 aliphatic heterocycles. The lowest BCUT2D eigenvalue weighted by Crippen LogP contribution is -2.45. The molecule has 1 aromatic heterocycles. The van der Waals surface area contributed by atoms with Crippen molar-refractivity contribution in [1.82, 2.24) is 25.4 Å². The lowest BCUT2D eigenvalue weighted by molar-refractivity contribution is 0.146. The van der Waals surface area contributed by atoms with E-state index in [4.69, 9.17) is 0 Å². The van der Waals surface area contributed by atoms with E-state index < -0.39 is 0 Å². The van der Waals surface area contributed by atoms with Gasteiger partial charge in [-0.25, -0.2) is 4.79 Å². The molecule has 1 aromatic rings. The van der Waals surface area contributed by atoms with Crippen LogP contribution in [0, 0.1) is 0 Å². The van der Waals surface area contributed by atoms with Crippen molar-refractivity contribution in [2.45, 2.75) is 25.4 Å². The van der Waals surface area contributed by atoms with Gasteiger partial charge in [0.2, 0.25) is 0 Å². The average Bonchev–Trinajstić information content (AvgIpc) is 2.54. The molecule has 0 spiro atoms. The lowest BCUT2D eigenvalue weighted by atomic mass is 10.0. The Morgan fingerprint density at radius 1 is 1.36 bits per heavy atom. The highest BCUT2D eigenvalue weighted by molar-refractivity contribution is 5.73. The van der Waals surface area contributed by atoms with Crippen LogP contribution < -0.4 is 10.6 Å². The second-order valence-corrected chi connectivity index (χ2v) is 6.01. The summed E-state index contributed by atoms with van der Waals surface area (Å²) >= 11 is 0. The molecule has 2 rings (SSSR count). The van der Waals surface area contributed by atoms with Gasteiger partial charge in [-0.05, 0) is 51.7 Å². The number of aromatic nitrogens is 1. The van der Waals surface area contributed by atoms with Crippen LogP contribution in [0.3, 0.4) is 0 Å². The molecule has 2 heterocycles. The van der Waals surface area contributed by atoms with E-state index in [2.05, 4.69) is 39.5 Å². The number of likely N-dealkylation sites (tertiary alicyclic amines) is 1. The second-order valence-electron chi connectivity index (χ2n) is 6.01. The molecule has 2 N–H and O–H groups in total. The van der Waals surface area contributed by atoms with Crippen LogP contribution in [0.1, 0.15) is 18.4 Å². The van der Waals surface area contributed by atoms with Crippen LogP contribution in [0.15, 0.2) is 24.5 Å². The van der Waals surface area contributed by atoms with Gasteiger partial charge in [-0.2, -0.15) is 0 Å². The summed E-state index contributed by atoms with van der Waals surface area (Å²) in [6, 6.07) is 4.40. The molecule has 6 nitrogen and oxygen atoms in total. The predicted octanol–water partition coefficient (Wildman–Crippen LogP) is 0.907. The monoisotopic (exact) mass is 305 g/mol. The van der Waals surface area contributed by atoms with E-state index in [1.807, 2.05) is 12.1 Å². The molecular weight excluding hydrogens is 278 g/mol. The smallest absolute Gasteiger partial charge is 0.315 e. The summed E-state index contributed by atoms with van der Waals surface area (Å²) in [7, 11) is 4.29. The maximum absolute atomic E-state index is 11.7. The SMILES string of the molecule is CN(C)C1CCN(CCNC(=O)NCc2cccnc2)CC1. The zero-order valence-corrected chi connectivity index (χ0v) is 13.6. The Hall–Kier alpha value is -1.66. The molecule has 0 atom stereocenters. The average molecular weight is 305 g/mol. The van der Waals surface area contributed by atoms with Crippen molar-refractivity contribution in [3.63, 3.8) is 0 Å². The van der Waals surface area contributed by atoms with Gasteiger partial charge in [0.25, 0.3) is 0 Å². The largest absolute Gasteiger partial charge is 0.337 e. The minimum Gasteiger partial charge on any atom is -0.337 e. The minimum atomic E-state index is -0.118. The fraction of sp³-hybridized carbons (Fsp3) is 0.625. The van der Waals surface area contributed by atoms with Crippen LogP contribution in [0.25, 0.3) is 0 Å². The summed E-state index contributed by atoms with van der Waals surface area (Å²) in [6.45, 7) is 4.34. The van der Waals surface area contributed by atoms with Crippen molar-refractivity contribution >= 4 is 6.03 Å². The molecule has 0 radical (unpaired) electrons. The van der Waals surface area contributed by atoms with E-state index in [1.165, 1.54) is 12.8 Å². The first-order chi connectivity index (χ1) is 10.6. The Kier molecular flexibility index (Phi) is 6.61. The molecule has 1 fully saturated rings. The van der Waals surface area contributed by atoms with Gasteiger partial charge in [-0.3, -0.25) is 4.98 Å². The van der Waals surface area contributed by atoms with Crippen molar-refractivity contribution in [2.24, 2.45) is 0 Å². The fourth-order valence-corrected chi connectivity index (χ4v) is 2.73. The van der Waals surface area contributed by atoms with Gasteiger partial charge in [-0.15, -0.1) is 0 Å². The molecule has 0 aromatic carbocycles. The van der Waals surface area contributed by atoms with Crippen molar-refractivity contribution in [3.8, 4) is 0 Å². The quantitative estimate of drug-likeness (QED) is 0.820. The van der Waals surface area contributed by atoms with Crippen LogP contribution in [-0.4, -0.2) is 67.1 Å². The summed E-state index contributed by atoms with van der Waals surface area (Å²) in [4.78, 5) is 20.5. The standard InChI is InChI=1S/C16H27N5O/c1-20(2)15-5-9-21(10-6-15)11-8-18-16(22)19-13-14-4-3-7-17-12-14/h3-4,7,12,15H,5-6,8-11,13H2,1-2H3,(H2,18,19,22). The third kappa shape index (κ3) is 5.61. The minimum absolute atomic E-state index is 0.118. The van der Waals surface area contributed by atoms with Crippen molar-refractivity contribution in [1.29, 1.82) is 0 Å². The number of piperidine rings is 1. The maximum atomic E-state index is 11.7. The van der Waals surface area contributed by atoms with Crippen molar-refractivity contribution < 1.29 is 4.79 Å². The fourth-order valence-electron chi connectivity index (χ4n) is 2.73. The number of hydrogen-bond acceptors (Lipinski definition) is 4. The predicted molar refractivity (Wildman–Crippen MR) is 87.6 cm³/mol. The molecule has 0 aliphatic carbocycles. The molecule has 0 bridgehead atoms. The molecule has 1 aliphatic rings. The number of hydrogen-bond donors (Lipinski definition) is 2. The van der Waals surface area contributed by atoms with Crippen LogP contribution in [0.4, 0.5) is 4.79 Å². The summed E-state index contributed by atoms with van der Waals surface area (Å²) in [5.41, 5.74) is 1.00. The van der Waals surface area contributed by atoms with Gasteiger partial charge in [0.15, 0.2) is 0 Å². The molecule has 1 saturated heterocycles. The van der Waals surface area contributed by atoms with E-state index in [-0.39, 0.29) is 6.03 Å². The van der Waals surface area contributed by atoms with E-state index in [1.54, 1.807) is 12.4 Å². The third-order valence-corrected chi connectivity index (χ3v) is 4.18. The van der Waals surface area contributed by atoms with Gasteiger partial charge >= 0.3 is 6.03 Å². The van der Waals surface area contributed by atoms with Gasteiger partial charge in [-0.1, -0.05) is 6.07 Å². The highest BCUT2D eigenvalue weighted by Crippen LogP contribution is 2.13. The number of amides is 2. The van der Waals surface area contributed by atoms with Gasteiger partial charge in [0.1, 0.15) is 0 Å². The topological polar surface area (TPSA) is 60.5 Å². The zero-order valence-electron chi connectivity index (χ0n) is 13.6. The maximum Gasteiger partial charge on any atom is 0.315 e. The Labute approximate surface area is 132 Å². The second kappa shape index (κ2) is 8.70. The summed E-state index contributed by atoms with van der Waals surface area (Å²) in [5, 5.41) is 5.76. The van der Waals surface area contributed by atoms with Crippen LogP contribution in [0.2, 0.25) is 0 Å². The highest BCUT2D eigenvalue weighted by Gasteiger charge is 2.19. The van der Waals surface area contributed by atoms with E-state index in [0.717, 1.165) is 25.2 Å². The molecule has 2 amide bonds. The number of rotatable bonds is 6. The van der Waals surface area contributed by atoms with Crippen LogP contribution >= 0.6 is 0 Å². The van der Waals surface area contributed by atoms with Crippen LogP contribution in [0.5, 0.6) is 0 Å². The number of nitrogens with one attached hydrogen (secondary N) is 2. The van der Waals surface area contributed by atoms with E-state index >= 15 is 0 Å². The normalized spacial score (nSPS) is 16.7. The van der Waals surface area contributed by atoms with Crippen molar-refractivity contribution in [2.75, 3.05) is 40.3 Å². The Morgan fingerprint density at radius 2 is 2.14 bits per heavy atom. The van der Waals surface area contributed by atoms with Crippen molar-refractivity contribution in [3.05, 3.63) is 30.1 Å². The summed E-state index contributed by atoms with van der Waals surface area (Å²) < 4.78 is 0. The van der Waals surface area contributed by atoms with Gasteiger partial charge in [0, 0.05) is 38.1 Å². The van der Waals surface area contributed by atoms with E-state index in [9.17, 15) is 4.79 Å². The van der Waals surface area contributed by atoms with E-state index in [0.29, 0.717) is 19.1 Å². The lowest BCUT2D eigenvalue weighted by Gasteiger charge is -2.35. The third-order valence-electron chi connectivity index (χ3n) is 4.18. The molecular formula is C16H27N5O. The number of nitrogens with zero attached hydrogens (tertiary/aromatic N) is 3.